The lowest BCUT2D eigenvalue weighted by molar-refractivity contribution is -0.119. The average molecular weight is 353 g/mol. The molecule has 0 aliphatic carbocycles. The highest BCUT2D eigenvalue weighted by Crippen LogP contribution is 2.23. The van der Waals surface area contributed by atoms with E-state index in [1.807, 2.05) is 0 Å². The molecule has 2 aromatic carbocycles. The number of hydrogen-bond acceptors (Lipinski definition) is 3. The van der Waals surface area contributed by atoms with Gasteiger partial charge in [-0.25, -0.2) is 8.42 Å². The molecule has 0 saturated carbocycles. The minimum Gasteiger partial charge on any atom is -0.359 e. The maximum absolute atomic E-state index is 12.6. The molecule has 23 heavy (non-hydrogen) atoms. The van der Waals surface area contributed by atoms with E-state index >= 15 is 0 Å². The fraction of sp³-hybridized carbons (Fsp3) is 0.188. The highest BCUT2D eigenvalue weighted by atomic mass is 35.5. The van der Waals surface area contributed by atoms with E-state index in [1.54, 1.807) is 31.3 Å². The first-order valence-corrected chi connectivity index (χ1v) is 8.70. The van der Waals surface area contributed by atoms with Crippen molar-refractivity contribution < 1.29 is 13.2 Å². The van der Waals surface area contributed by atoms with Crippen LogP contribution >= 0.6 is 11.6 Å². The van der Waals surface area contributed by atoms with Crippen molar-refractivity contribution in [2.24, 2.45) is 0 Å². The lowest BCUT2D eigenvalue weighted by Gasteiger charge is -2.19. The van der Waals surface area contributed by atoms with E-state index in [-0.39, 0.29) is 17.2 Å². The molecule has 0 aromatic heterocycles. The first kappa shape index (κ1) is 17.3. The number of carbonyl (C=O) groups excluding carboxylic acids is 1. The van der Waals surface area contributed by atoms with Crippen molar-refractivity contribution in [3.63, 3.8) is 0 Å². The molecule has 2 aromatic rings. The van der Waals surface area contributed by atoms with E-state index in [0.29, 0.717) is 10.7 Å². The Labute approximate surface area is 140 Å². The quantitative estimate of drug-likeness (QED) is 0.898. The fourth-order valence-electron chi connectivity index (χ4n) is 2.00. The highest BCUT2D eigenvalue weighted by Gasteiger charge is 2.21. The zero-order valence-corrected chi connectivity index (χ0v) is 14.4. The van der Waals surface area contributed by atoms with Crippen molar-refractivity contribution in [1.29, 1.82) is 0 Å². The van der Waals surface area contributed by atoms with Crippen molar-refractivity contribution in [2.75, 3.05) is 18.4 Å². The van der Waals surface area contributed by atoms with Gasteiger partial charge in [-0.3, -0.25) is 9.10 Å². The van der Waals surface area contributed by atoms with Crippen LogP contribution in [0.4, 0.5) is 5.69 Å². The number of nitrogens with zero attached hydrogens (tertiary/aromatic N) is 1. The number of nitrogens with one attached hydrogen (secondary N) is 1. The number of amides is 1. The molecule has 7 heteroatoms. The van der Waals surface area contributed by atoms with Crippen molar-refractivity contribution in [3.05, 3.63) is 59.1 Å². The van der Waals surface area contributed by atoms with E-state index in [9.17, 15) is 13.2 Å². The van der Waals surface area contributed by atoms with Crippen LogP contribution in [0.3, 0.4) is 0 Å². The highest BCUT2D eigenvalue weighted by molar-refractivity contribution is 7.92. The van der Waals surface area contributed by atoms with Crippen molar-refractivity contribution in [2.45, 2.75) is 11.3 Å². The fourth-order valence-corrected chi connectivity index (χ4v) is 3.32. The Kier molecular flexibility index (Phi) is 5.28. The summed E-state index contributed by atoms with van der Waals surface area (Å²) in [5.41, 5.74) is 1.32. The number of anilines is 1. The van der Waals surface area contributed by atoms with Crippen LogP contribution in [0, 0.1) is 0 Å². The minimum atomic E-state index is -3.65. The van der Waals surface area contributed by atoms with Gasteiger partial charge in [0.05, 0.1) is 17.0 Å². The van der Waals surface area contributed by atoms with Crippen LogP contribution in [0.15, 0.2) is 53.4 Å². The molecule has 0 saturated heterocycles. The third-order valence-corrected chi connectivity index (χ3v) is 5.47. The van der Waals surface area contributed by atoms with E-state index in [1.165, 1.54) is 35.6 Å². The van der Waals surface area contributed by atoms with Gasteiger partial charge < -0.3 is 5.32 Å². The van der Waals surface area contributed by atoms with Crippen LogP contribution in [0.25, 0.3) is 0 Å². The van der Waals surface area contributed by atoms with E-state index in [2.05, 4.69) is 5.32 Å². The Morgan fingerprint density at radius 1 is 1.09 bits per heavy atom. The molecule has 1 N–H and O–H groups in total. The monoisotopic (exact) mass is 352 g/mol. The van der Waals surface area contributed by atoms with Crippen LogP contribution in [-0.2, 0) is 21.2 Å². The number of rotatable bonds is 5. The van der Waals surface area contributed by atoms with Gasteiger partial charge in [-0.05, 0) is 42.0 Å². The summed E-state index contributed by atoms with van der Waals surface area (Å²) in [6, 6.07) is 12.8. The van der Waals surface area contributed by atoms with Gasteiger partial charge in [0, 0.05) is 19.1 Å². The summed E-state index contributed by atoms with van der Waals surface area (Å²) in [7, 11) is -0.598. The summed E-state index contributed by atoms with van der Waals surface area (Å²) >= 11 is 5.79. The lowest BCUT2D eigenvalue weighted by Crippen LogP contribution is -2.26. The molecule has 0 atom stereocenters. The maximum atomic E-state index is 12.6. The Morgan fingerprint density at radius 2 is 1.65 bits per heavy atom. The number of benzene rings is 2. The van der Waals surface area contributed by atoms with Gasteiger partial charge >= 0.3 is 0 Å². The van der Waals surface area contributed by atoms with Gasteiger partial charge in [0.1, 0.15) is 0 Å². The first-order valence-electron chi connectivity index (χ1n) is 6.88. The van der Waals surface area contributed by atoms with Crippen LogP contribution in [0.1, 0.15) is 5.56 Å². The molecule has 1 amide bonds. The molecule has 5 nitrogen and oxygen atoms in total. The number of hydrogen-bond donors (Lipinski definition) is 1. The minimum absolute atomic E-state index is 0.0973. The van der Waals surface area contributed by atoms with Crippen LogP contribution < -0.4 is 9.62 Å². The normalized spacial score (nSPS) is 11.1. The number of sulfonamides is 1. The van der Waals surface area contributed by atoms with Crippen molar-refractivity contribution >= 4 is 33.2 Å². The summed E-state index contributed by atoms with van der Waals surface area (Å²) in [5, 5.41) is 3.02. The second kappa shape index (κ2) is 7.02. The average Bonchev–Trinajstić information content (AvgIpc) is 2.55. The Bertz CT molecular complexity index is 787. The molecule has 0 radical (unpaired) electrons. The molecule has 0 aliphatic heterocycles. The smallest absolute Gasteiger partial charge is 0.264 e. The van der Waals surface area contributed by atoms with E-state index in [0.717, 1.165) is 5.56 Å². The maximum Gasteiger partial charge on any atom is 0.264 e. The second-order valence-electron chi connectivity index (χ2n) is 4.94. The molecule has 0 fully saturated rings. The summed E-state index contributed by atoms with van der Waals surface area (Å²) in [6.45, 7) is 0. The van der Waals surface area contributed by atoms with Crippen LogP contribution in [0.5, 0.6) is 0 Å². The third kappa shape index (κ3) is 4.03. The zero-order valence-electron chi connectivity index (χ0n) is 12.8. The molecule has 0 unspecified atom stereocenters. The van der Waals surface area contributed by atoms with Gasteiger partial charge in [0.25, 0.3) is 10.0 Å². The summed E-state index contributed by atoms with van der Waals surface area (Å²) < 4.78 is 26.3. The van der Waals surface area contributed by atoms with Crippen LogP contribution in [-0.4, -0.2) is 28.4 Å². The molecular weight excluding hydrogens is 336 g/mol. The van der Waals surface area contributed by atoms with Gasteiger partial charge in [-0.1, -0.05) is 23.7 Å². The Morgan fingerprint density at radius 3 is 2.17 bits per heavy atom. The Hall–Kier alpha value is -2.05. The Balaban J connectivity index is 2.23. The van der Waals surface area contributed by atoms with E-state index in [4.69, 9.17) is 11.6 Å². The summed E-state index contributed by atoms with van der Waals surface area (Å²) in [4.78, 5) is 11.5. The topological polar surface area (TPSA) is 66.5 Å². The van der Waals surface area contributed by atoms with Crippen molar-refractivity contribution in [3.8, 4) is 0 Å². The number of halogens is 1. The SMILES string of the molecule is CNC(=O)Cc1ccc(N(C)S(=O)(=O)c2ccc(Cl)cc2)cc1. The van der Waals surface area contributed by atoms with E-state index < -0.39 is 10.0 Å². The number of likely N-dealkylation sites (N-methyl/N-ethyl adjacent to an activating group) is 1. The van der Waals surface area contributed by atoms with Gasteiger partial charge in [0.15, 0.2) is 0 Å². The zero-order chi connectivity index (χ0) is 17.0. The van der Waals surface area contributed by atoms with Gasteiger partial charge in [0.2, 0.25) is 5.91 Å². The molecule has 0 aliphatic rings. The molecule has 0 bridgehead atoms. The largest absolute Gasteiger partial charge is 0.359 e. The molecular formula is C16H17ClN2O3S. The molecule has 0 heterocycles. The predicted octanol–water partition coefficient (Wildman–Crippen LogP) is 2.45. The lowest BCUT2D eigenvalue weighted by atomic mass is 10.1. The first-order chi connectivity index (χ1) is 10.8. The third-order valence-electron chi connectivity index (χ3n) is 3.42. The second-order valence-corrected chi connectivity index (χ2v) is 7.35. The van der Waals surface area contributed by atoms with Crippen molar-refractivity contribution in [1.82, 2.24) is 5.32 Å². The standard InChI is InChI=1S/C16H17ClN2O3S/c1-18-16(20)11-12-3-7-14(8-4-12)19(2)23(21,22)15-9-5-13(17)6-10-15/h3-10H,11H2,1-2H3,(H,18,20). The summed E-state index contributed by atoms with van der Waals surface area (Å²) in [6.07, 6.45) is 0.254. The predicted molar refractivity (Wildman–Crippen MR) is 91.3 cm³/mol. The number of carbonyl (C=O) groups is 1. The molecule has 122 valence electrons. The van der Waals surface area contributed by atoms with Gasteiger partial charge in [-0.2, -0.15) is 0 Å². The van der Waals surface area contributed by atoms with Crippen LogP contribution in [0.2, 0.25) is 5.02 Å². The molecule has 0 spiro atoms. The molecule has 2 rings (SSSR count). The summed E-state index contributed by atoms with van der Waals surface area (Å²) in [5.74, 6) is -0.0973. The van der Waals surface area contributed by atoms with Gasteiger partial charge in [-0.15, -0.1) is 0 Å².